The summed E-state index contributed by atoms with van der Waals surface area (Å²) in [6.07, 6.45) is 0.678. The third-order valence-electron chi connectivity index (χ3n) is 3.73. The molecule has 1 unspecified atom stereocenters. The van der Waals surface area contributed by atoms with E-state index in [0.717, 1.165) is 5.56 Å². The molecule has 1 aliphatic rings. The van der Waals surface area contributed by atoms with Gasteiger partial charge in [0.05, 0.1) is 13.7 Å². The lowest BCUT2D eigenvalue weighted by Crippen LogP contribution is -2.19. The fraction of sp³-hybridized carbons (Fsp3) is 0.250. The molecule has 0 saturated carbocycles. The van der Waals surface area contributed by atoms with Crippen molar-refractivity contribution < 1.29 is 24.8 Å². The van der Waals surface area contributed by atoms with Crippen LogP contribution in [0.2, 0.25) is 0 Å². The topological polar surface area (TPSA) is 79.2 Å². The molecule has 0 spiro atoms. The molecule has 0 bridgehead atoms. The Morgan fingerprint density at radius 2 is 1.90 bits per heavy atom. The van der Waals surface area contributed by atoms with Crippen LogP contribution in [-0.4, -0.2) is 29.0 Å². The van der Waals surface area contributed by atoms with Gasteiger partial charge in [-0.25, -0.2) is 0 Å². The van der Waals surface area contributed by atoms with Crippen molar-refractivity contribution in [2.24, 2.45) is 0 Å². The molecule has 0 saturated heterocycles. The summed E-state index contributed by atoms with van der Waals surface area (Å²) >= 11 is 0. The number of methoxy groups -OCH3 is 1. The van der Waals surface area contributed by atoms with Crippen molar-refractivity contribution >= 4 is 0 Å². The monoisotopic (exact) mass is 288 g/mol. The number of phenols is 3. The smallest absolute Gasteiger partial charge is 0.161 e. The van der Waals surface area contributed by atoms with Gasteiger partial charge in [-0.3, -0.25) is 0 Å². The highest BCUT2D eigenvalue weighted by Gasteiger charge is 2.25. The molecule has 3 N–H and O–H groups in total. The molecule has 110 valence electrons. The quantitative estimate of drug-likeness (QED) is 0.791. The van der Waals surface area contributed by atoms with Crippen LogP contribution in [0.3, 0.4) is 0 Å². The zero-order valence-electron chi connectivity index (χ0n) is 11.5. The van der Waals surface area contributed by atoms with E-state index in [-0.39, 0.29) is 23.2 Å². The number of fused-ring (bicyclic) bond motifs is 1. The molecule has 5 heteroatoms. The second-order valence-electron chi connectivity index (χ2n) is 5.09. The molecule has 2 aromatic carbocycles. The maximum atomic E-state index is 10.0. The zero-order chi connectivity index (χ0) is 15.0. The van der Waals surface area contributed by atoms with Gasteiger partial charge in [0.15, 0.2) is 11.5 Å². The Labute approximate surface area is 122 Å². The fourth-order valence-electron chi connectivity index (χ4n) is 2.62. The summed E-state index contributed by atoms with van der Waals surface area (Å²) in [6.45, 7) is 0.387. The van der Waals surface area contributed by atoms with Crippen molar-refractivity contribution in [3.63, 3.8) is 0 Å². The van der Waals surface area contributed by atoms with Crippen LogP contribution in [0.15, 0.2) is 30.3 Å². The van der Waals surface area contributed by atoms with E-state index >= 15 is 0 Å². The second kappa shape index (κ2) is 5.09. The summed E-state index contributed by atoms with van der Waals surface area (Å²) in [5.41, 5.74) is 1.64. The van der Waals surface area contributed by atoms with Crippen LogP contribution in [0, 0.1) is 0 Å². The highest BCUT2D eigenvalue weighted by atomic mass is 16.5. The van der Waals surface area contributed by atoms with Crippen LogP contribution in [-0.2, 0) is 6.42 Å². The van der Waals surface area contributed by atoms with E-state index in [2.05, 4.69) is 0 Å². The average Bonchev–Trinajstić information content (AvgIpc) is 2.47. The van der Waals surface area contributed by atoms with E-state index < -0.39 is 0 Å². The summed E-state index contributed by atoms with van der Waals surface area (Å²) in [5.74, 6) is 1.03. The highest BCUT2D eigenvalue weighted by molar-refractivity contribution is 5.52. The van der Waals surface area contributed by atoms with E-state index in [9.17, 15) is 15.3 Å². The summed E-state index contributed by atoms with van der Waals surface area (Å²) in [4.78, 5) is 0. The van der Waals surface area contributed by atoms with Crippen LogP contribution >= 0.6 is 0 Å². The number of ether oxygens (including phenoxy) is 2. The molecular weight excluding hydrogens is 272 g/mol. The maximum absolute atomic E-state index is 10.0. The highest BCUT2D eigenvalue weighted by Crippen LogP contribution is 2.41. The van der Waals surface area contributed by atoms with Gasteiger partial charge in [-0.05, 0) is 24.1 Å². The molecule has 0 aromatic heterocycles. The van der Waals surface area contributed by atoms with Gasteiger partial charge in [0, 0.05) is 23.6 Å². The largest absolute Gasteiger partial charge is 0.508 e. The molecule has 1 heterocycles. The van der Waals surface area contributed by atoms with Crippen LogP contribution in [0.25, 0.3) is 0 Å². The first-order chi connectivity index (χ1) is 10.1. The number of benzene rings is 2. The molecule has 1 atom stereocenters. The zero-order valence-corrected chi connectivity index (χ0v) is 11.5. The van der Waals surface area contributed by atoms with Gasteiger partial charge >= 0.3 is 0 Å². The van der Waals surface area contributed by atoms with E-state index in [1.54, 1.807) is 18.2 Å². The minimum atomic E-state index is -0.0965. The molecule has 3 rings (SSSR count). The van der Waals surface area contributed by atoms with Crippen molar-refractivity contribution in [3.8, 4) is 28.7 Å². The van der Waals surface area contributed by atoms with Crippen LogP contribution < -0.4 is 9.47 Å². The Hall–Kier alpha value is -2.56. The predicted octanol–water partition coefficient (Wildman–Crippen LogP) is 2.53. The average molecular weight is 288 g/mol. The van der Waals surface area contributed by atoms with Gasteiger partial charge in [0.25, 0.3) is 0 Å². The lowest BCUT2D eigenvalue weighted by atomic mass is 9.89. The van der Waals surface area contributed by atoms with Crippen LogP contribution in [0.1, 0.15) is 17.0 Å². The first-order valence-corrected chi connectivity index (χ1v) is 6.63. The molecule has 1 aliphatic heterocycles. The normalized spacial score (nSPS) is 16.9. The minimum absolute atomic E-state index is 0.0177. The number of hydrogen-bond donors (Lipinski definition) is 3. The second-order valence-corrected chi connectivity index (χ2v) is 5.09. The molecule has 5 nitrogen and oxygen atoms in total. The van der Waals surface area contributed by atoms with Gasteiger partial charge in [0.2, 0.25) is 0 Å². The summed E-state index contributed by atoms with van der Waals surface area (Å²) in [5, 5.41) is 29.2. The Kier molecular flexibility index (Phi) is 3.25. The fourth-order valence-corrected chi connectivity index (χ4v) is 2.62. The van der Waals surface area contributed by atoms with Gasteiger partial charge in [0.1, 0.15) is 17.2 Å². The number of rotatable bonds is 2. The number of aromatic hydroxyl groups is 3. The van der Waals surface area contributed by atoms with E-state index in [4.69, 9.17) is 9.47 Å². The maximum Gasteiger partial charge on any atom is 0.161 e. The van der Waals surface area contributed by atoms with Gasteiger partial charge in [-0.2, -0.15) is 0 Å². The number of phenolic OH excluding ortho intramolecular Hbond substituents is 3. The molecule has 0 fully saturated rings. The lowest BCUT2D eigenvalue weighted by Gasteiger charge is -2.26. The van der Waals surface area contributed by atoms with Crippen molar-refractivity contribution in [2.75, 3.05) is 13.7 Å². The number of hydrogen-bond acceptors (Lipinski definition) is 5. The Balaban J connectivity index is 1.94. The molecule has 0 aliphatic carbocycles. The molecular formula is C16H16O5. The van der Waals surface area contributed by atoms with Gasteiger partial charge in [-0.1, -0.05) is 6.07 Å². The summed E-state index contributed by atoms with van der Waals surface area (Å²) in [6, 6.07) is 7.92. The van der Waals surface area contributed by atoms with E-state index in [0.29, 0.717) is 30.1 Å². The minimum Gasteiger partial charge on any atom is -0.508 e. The Bertz CT molecular complexity index is 681. The standard InChI is InChI=1S/C16H16O5/c1-20-16-6-12(13(18)7-14(16)19)10-4-9-2-3-11(17)5-15(9)21-8-10/h2-3,5-7,10,17-19H,4,8H2,1H3. The van der Waals surface area contributed by atoms with Gasteiger partial charge in [-0.15, -0.1) is 0 Å². The van der Waals surface area contributed by atoms with Crippen molar-refractivity contribution in [1.29, 1.82) is 0 Å². The lowest BCUT2D eigenvalue weighted by molar-refractivity contribution is 0.257. The van der Waals surface area contributed by atoms with E-state index in [1.165, 1.54) is 13.2 Å². The Morgan fingerprint density at radius 1 is 1.10 bits per heavy atom. The first-order valence-electron chi connectivity index (χ1n) is 6.63. The predicted molar refractivity (Wildman–Crippen MR) is 76.4 cm³/mol. The third-order valence-corrected chi connectivity index (χ3v) is 3.73. The third kappa shape index (κ3) is 2.42. The summed E-state index contributed by atoms with van der Waals surface area (Å²) in [7, 11) is 1.46. The van der Waals surface area contributed by atoms with Crippen molar-refractivity contribution in [1.82, 2.24) is 0 Å². The van der Waals surface area contributed by atoms with Gasteiger partial charge < -0.3 is 24.8 Å². The Morgan fingerprint density at radius 3 is 2.67 bits per heavy atom. The van der Waals surface area contributed by atoms with Crippen molar-refractivity contribution in [2.45, 2.75) is 12.3 Å². The SMILES string of the molecule is COc1cc(C2COc3cc(O)ccc3C2)c(O)cc1O. The summed E-state index contributed by atoms with van der Waals surface area (Å²) < 4.78 is 10.7. The molecule has 21 heavy (non-hydrogen) atoms. The first kappa shape index (κ1) is 13.4. The molecule has 0 radical (unpaired) electrons. The van der Waals surface area contributed by atoms with Crippen molar-refractivity contribution in [3.05, 3.63) is 41.5 Å². The van der Waals surface area contributed by atoms with Crippen LogP contribution in [0.5, 0.6) is 28.7 Å². The molecule has 0 amide bonds. The molecule has 2 aromatic rings. The van der Waals surface area contributed by atoms with E-state index in [1.807, 2.05) is 6.07 Å². The van der Waals surface area contributed by atoms with Crippen LogP contribution in [0.4, 0.5) is 0 Å².